The second kappa shape index (κ2) is 7.47. The Morgan fingerprint density at radius 2 is 1.61 bits per heavy atom. The zero-order valence-corrected chi connectivity index (χ0v) is 17.8. The summed E-state index contributed by atoms with van der Waals surface area (Å²) in [7, 11) is 0. The molecule has 6 heteroatoms. The van der Waals surface area contributed by atoms with Gasteiger partial charge in [0.15, 0.2) is 0 Å². The topological polar surface area (TPSA) is 65.1 Å². The second-order valence-corrected chi connectivity index (χ2v) is 8.07. The summed E-state index contributed by atoms with van der Waals surface area (Å²) in [5.41, 5.74) is 4.79. The van der Waals surface area contributed by atoms with Gasteiger partial charge in [-0.1, -0.05) is 74.5 Å². The van der Waals surface area contributed by atoms with E-state index in [2.05, 4.69) is 18.9 Å². The normalized spacial score (nSPS) is 11.6. The summed E-state index contributed by atoms with van der Waals surface area (Å²) in [5, 5.41) is 10.2. The molecule has 0 saturated carbocycles. The van der Waals surface area contributed by atoms with E-state index in [0.29, 0.717) is 12.1 Å². The van der Waals surface area contributed by atoms with Gasteiger partial charge in [-0.3, -0.25) is 4.79 Å². The molecular weight excluding hydrogens is 386 g/mol. The highest BCUT2D eigenvalue weighted by Gasteiger charge is 2.20. The van der Waals surface area contributed by atoms with E-state index in [4.69, 9.17) is 10.1 Å². The van der Waals surface area contributed by atoms with E-state index in [9.17, 15) is 4.79 Å². The van der Waals surface area contributed by atoms with Crippen molar-refractivity contribution < 1.29 is 0 Å². The third-order valence-electron chi connectivity index (χ3n) is 5.48. The summed E-state index contributed by atoms with van der Waals surface area (Å²) >= 11 is 0. The third-order valence-corrected chi connectivity index (χ3v) is 5.48. The van der Waals surface area contributed by atoms with Crippen LogP contribution in [0.1, 0.15) is 36.8 Å². The first-order valence-electron chi connectivity index (χ1n) is 10.4. The standard InChI is InChI=1S/C25H23N5O/c1-16(2)24-26-23-22(21-14-20(28-30(21)24)19-12-8-5-9-13-19)17(3)27-29(25(23)31)15-18-10-6-4-7-11-18/h4-14,16H,15H2,1-3H3. The van der Waals surface area contributed by atoms with E-state index >= 15 is 0 Å². The molecule has 0 fully saturated rings. The van der Waals surface area contributed by atoms with Crippen molar-refractivity contribution in [1.82, 2.24) is 24.4 Å². The molecule has 154 valence electrons. The molecule has 0 atom stereocenters. The van der Waals surface area contributed by atoms with Gasteiger partial charge in [-0.05, 0) is 18.6 Å². The lowest BCUT2D eigenvalue weighted by atomic mass is 10.1. The number of benzene rings is 2. The van der Waals surface area contributed by atoms with Crippen molar-refractivity contribution in [2.45, 2.75) is 33.2 Å². The summed E-state index contributed by atoms with van der Waals surface area (Å²) in [6, 6.07) is 21.9. The van der Waals surface area contributed by atoms with E-state index < -0.39 is 0 Å². The molecule has 0 aliphatic heterocycles. The van der Waals surface area contributed by atoms with E-state index in [1.54, 1.807) is 0 Å². The first-order valence-corrected chi connectivity index (χ1v) is 10.4. The molecular formula is C25H23N5O. The molecule has 0 saturated heterocycles. The van der Waals surface area contributed by atoms with Crippen LogP contribution in [0.25, 0.3) is 27.7 Å². The third kappa shape index (κ3) is 3.30. The number of rotatable bonds is 4. The highest BCUT2D eigenvalue weighted by atomic mass is 16.1. The van der Waals surface area contributed by atoms with Gasteiger partial charge in [-0.15, -0.1) is 0 Å². The van der Waals surface area contributed by atoms with Crippen LogP contribution in [0.15, 0.2) is 71.5 Å². The molecule has 0 spiro atoms. The predicted molar refractivity (Wildman–Crippen MR) is 122 cm³/mol. The predicted octanol–water partition coefficient (Wildman–Crippen LogP) is 4.59. The molecule has 0 unspecified atom stereocenters. The van der Waals surface area contributed by atoms with Crippen molar-refractivity contribution in [2.24, 2.45) is 0 Å². The Kier molecular flexibility index (Phi) is 4.62. The Morgan fingerprint density at radius 3 is 2.29 bits per heavy atom. The van der Waals surface area contributed by atoms with Crippen molar-refractivity contribution in [3.8, 4) is 11.3 Å². The number of fused-ring (bicyclic) bond motifs is 3. The van der Waals surface area contributed by atoms with Crippen LogP contribution in [0.4, 0.5) is 0 Å². The lowest BCUT2D eigenvalue weighted by Crippen LogP contribution is -2.26. The van der Waals surface area contributed by atoms with Gasteiger partial charge in [0, 0.05) is 11.5 Å². The van der Waals surface area contributed by atoms with Gasteiger partial charge in [-0.25, -0.2) is 14.2 Å². The molecule has 0 radical (unpaired) electrons. The smallest absolute Gasteiger partial charge is 0.265 e. The first kappa shape index (κ1) is 19.2. The van der Waals surface area contributed by atoms with Crippen molar-refractivity contribution >= 4 is 16.4 Å². The monoisotopic (exact) mass is 409 g/mol. The Bertz CT molecular complexity index is 1450. The van der Waals surface area contributed by atoms with Crippen LogP contribution in [-0.4, -0.2) is 24.4 Å². The molecule has 31 heavy (non-hydrogen) atoms. The van der Waals surface area contributed by atoms with E-state index in [0.717, 1.165) is 39.2 Å². The molecule has 3 aromatic heterocycles. The highest BCUT2D eigenvalue weighted by Crippen LogP contribution is 2.27. The molecule has 2 aromatic carbocycles. The summed E-state index contributed by atoms with van der Waals surface area (Å²) in [6.07, 6.45) is 0. The zero-order valence-electron chi connectivity index (χ0n) is 17.8. The SMILES string of the molecule is Cc1nn(Cc2ccccc2)c(=O)c2nc(C(C)C)n3nc(-c4ccccc4)cc3c12. The summed E-state index contributed by atoms with van der Waals surface area (Å²) in [4.78, 5) is 18.2. The van der Waals surface area contributed by atoms with Gasteiger partial charge >= 0.3 is 0 Å². The van der Waals surface area contributed by atoms with Crippen LogP contribution in [-0.2, 0) is 6.54 Å². The van der Waals surface area contributed by atoms with E-state index in [1.165, 1.54) is 4.68 Å². The number of hydrogen-bond donors (Lipinski definition) is 0. The van der Waals surface area contributed by atoms with Crippen LogP contribution in [0.2, 0.25) is 0 Å². The van der Waals surface area contributed by atoms with Gasteiger partial charge in [0.25, 0.3) is 5.56 Å². The van der Waals surface area contributed by atoms with Gasteiger partial charge in [0.05, 0.1) is 28.8 Å². The van der Waals surface area contributed by atoms with Gasteiger partial charge < -0.3 is 0 Å². The number of aromatic nitrogens is 5. The minimum atomic E-state index is -0.184. The van der Waals surface area contributed by atoms with Crippen LogP contribution in [0.3, 0.4) is 0 Å². The molecule has 5 aromatic rings. The van der Waals surface area contributed by atoms with E-state index in [-0.39, 0.29) is 11.5 Å². The maximum absolute atomic E-state index is 13.4. The Balaban J connectivity index is 1.79. The Morgan fingerprint density at radius 1 is 0.935 bits per heavy atom. The number of nitrogens with zero attached hydrogens (tertiary/aromatic N) is 5. The van der Waals surface area contributed by atoms with Crippen LogP contribution in [0, 0.1) is 6.92 Å². The number of hydrogen-bond acceptors (Lipinski definition) is 4. The Hall–Kier alpha value is -3.80. The minimum absolute atomic E-state index is 0.103. The van der Waals surface area contributed by atoms with Crippen LogP contribution < -0.4 is 5.56 Å². The fourth-order valence-corrected chi connectivity index (χ4v) is 3.97. The molecule has 0 aliphatic carbocycles. The maximum atomic E-state index is 13.4. The fraction of sp³-hybridized carbons (Fsp3) is 0.200. The Labute approximate surface area is 179 Å². The second-order valence-electron chi connectivity index (χ2n) is 8.07. The molecule has 3 heterocycles. The summed E-state index contributed by atoms with van der Waals surface area (Å²) < 4.78 is 3.38. The molecule has 0 aliphatic rings. The lowest BCUT2D eigenvalue weighted by molar-refractivity contribution is 0.633. The lowest BCUT2D eigenvalue weighted by Gasteiger charge is -2.13. The van der Waals surface area contributed by atoms with Gasteiger partial charge in [0.1, 0.15) is 11.3 Å². The van der Waals surface area contributed by atoms with Crippen molar-refractivity contribution in [1.29, 1.82) is 0 Å². The summed E-state index contributed by atoms with van der Waals surface area (Å²) in [6.45, 7) is 6.46. The van der Waals surface area contributed by atoms with Crippen LogP contribution in [0.5, 0.6) is 0 Å². The first-order chi connectivity index (χ1) is 15.0. The molecule has 5 rings (SSSR count). The average molecular weight is 409 g/mol. The van der Waals surface area contributed by atoms with Crippen molar-refractivity contribution in [3.05, 3.63) is 94.2 Å². The highest BCUT2D eigenvalue weighted by molar-refractivity contribution is 5.96. The van der Waals surface area contributed by atoms with Gasteiger partial charge in [0.2, 0.25) is 0 Å². The quantitative estimate of drug-likeness (QED) is 0.436. The van der Waals surface area contributed by atoms with Crippen molar-refractivity contribution in [2.75, 3.05) is 0 Å². The summed E-state index contributed by atoms with van der Waals surface area (Å²) in [5.74, 6) is 0.865. The minimum Gasteiger partial charge on any atom is -0.265 e. The average Bonchev–Trinajstić information content (AvgIpc) is 3.22. The largest absolute Gasteiger partial charge is 0.293 e. The van der Waals surface area contributed by atoms with Crippen molar-refractivity contribution in [3.63, 3.8) is 0 Å². The molecule has 6 nitrogen and oxygen atoms in total. The molecule has 0 bridgehead atoms. The zero-order chi connectivity index (χ0) is 21.5. The number of aryl methyl sites for hydroxylation is 1. The van der Waals surface area contributed by atoms with E-state index in [1.807, 2.05) is 78.2 Å². The van der Waals surface area contributed by atoms with Gasteiger partial charge in [-0.2, -0.15) is 10.2 Å². The molecule has 0 amide bonds. The maximum Gasteiger partial charge on any atom is 0.293 e. The fourth-order valence-electron chi connectivity index (χ4n) is 3.97. The van der Waals surface area contributed by atoms with Crippen LogP contribution >= 0.6 is 0 Å². The molecule has 0 N–H and O–H groups in total.